The Morgan fingerprint density at radius 3 is 2.29 bits per heavy atom. The maximum absolute atomic E-state index is 12.6. The van der Waals surface area contributed by atoms with Crippen LogP contribution >= 0.6 is 23.2 Å². The van der Waals surface area contributed by atoms with Gasteiger partial charge in [0.15, 0.2) is 6.07 Å². The number of halogens is 2. The molecule has 0 saturated carbocycles. The van der Waals surface area contributed by atoms with Crippen molar-refractivity contribution in [3.63, 3.8) is 0 Å². The van der Waals surface area contributed by atoms with Crippen molar-refractivity contribution in [3.05, 3.63) is 70.7 Å². The smallest absolute Gasteiger partial charge is 0.349 e. The first-order chi connectivity index (χ1) is 10.2. The predicted octanol–water partition coefficient (Wildman–Crippen LogP) is 3.97. The van der Waals surface area contributed by atoms with Crippen molar-refractivity contribution >= 4 is 29.2 Å². The molecule has 2 aromatic rings. The highest BCUT2D eigenvalue weighted by molar-refractivity contribution is 6.31. The van der Waals surface area contributed by atoms with Crippen LogP contribution < -0.4 is 0 Å². The monoisotopic (exact) mass is 324 g/mol. The zero-order chi connectivity index (χ0) is 15.3. The maximum Gasteiger partial charge on any atom is 0.349 e. The summed E-state index contributed by atoms with van der Waals surface area (Å²) in [5.74, 6) is -0.612. The van der Waals surface area contributed by atoms with Gasteiger partial charge in [-0.3, -0.25) is 0 Å². The number of esters is 1. The molecule has 0 saturated heterocycles. The molecule has 0 amide bonds. The molecule has 0 aliphatic carbocycles. The molecule has 2 aromatic carbocycles. The Bertz CT molecular complexity index is 616. The fourth-order valence-corrected chi connectivity index (χ4v) is 2.63. The first-order valence-corrected chi connectivity index (χ1v) is 7.17. The molecule has 3 nitrogen and oxygen atoms in total. The third kappa shape index (κ3) is 2.91. The van der Waals surface area contributed by atoms with Crippen molar-refractivity contribution in [2.75, 3.05) is 13.2 Å². The van der Waals surface area contributed by atoms with Crippen molar-refractivity contribution < 1.29 is 14.3 Å². The molecule has 0 aromatic heterocycles. The lowest BCUT2D eigenvalue weighted by Gasteiger charge is -2.31. The summed E-state index contributed by atoms with van der Waals surface area (Å²) < 4.78 is 10.6. The van der Waals surface area contributed by atoms with Gasteiger partial charge in [-0.15, -0.1) is 0 Å². The van der Waals surface area contributed by atoms with Crippen molar-refractivity contribution in [2.45, 2.75) is 5.60 Å². The SMILES string of the molecule is COC(C(=O)OCCl)(c1ccccc1)c1ccccc1Cl. The molecule has 0 N–H and O–H groups in total. The molecule has 21 heavy (non-hydrogen) atoms. The Morgan fingerprint density at radius 2 is 1.71 bits per heavy atom. The molecule has 2 rings (SSSR count). The van der Waals surface area contributed by atoms with E-state index in [1.165, 1.54) is 7.11 Å². The minimum absolute atomic E-state index is 0.263. The number of alkyl halides is 1. The van der Waals surface area contributed by atoms with E-state index in [0.717, 1.165) is 0 Å². The van der Waals surface area contributed by atoms with Crippen LogP contribution in [0.15, 0.2) is 54.6 Å². The van der Waals surface area contributed by atoms with Gasteiger partial charge in [-0.2, -0.15) is 0 Å². The van der Waals surface area contributed by atoms with E-state index in [1.807, 2.05) is 18.2 Å². The Hall–Kier alpha value is -1.55. The second kappa shape index (κ2) is 6.94. The zero-order valence-electron chi connectivity index (χ0n) is 11.4. The van der Waals surface area contributed by atoms with E-state index in [4.69, 9.17) is 32.7 Å². The van der Waals surface area contributed by atoms with Crippen molar-refractivity contribution in [3.8, 4) is 0 Å². The molecular formula is C16H14Cl2O3. The summed E-state index contributed by atoms with van der Waals surface area (Å²) >= 11 is 11.8. The molecule has 0 radical (unpaired) electrons. The van der Waals surface area contributed by atoms with Crippen LogP contribution in [-0.4, -0.2) is 19.1 Å². The number of hydrogen-bond donors (Lipinski definition) is 0. The Balaban J connectivity index is 2.69. The van der Waals surface area contributed by atoms with Crippen LogP contribution in [0.5, 0.6) is 0 Å². The molecule has 0 bridgehead atoms. The Morgan fingerprint density at radius 1 is 1.10 bits per heavy atom. The highest BCUT2D eigenvalue weighted by atomic mass is 35.5. The number of ether oxygens (including phenoxy) is 2. The predicted molar refractivity (Wildman–Crippen MR) is 82.5 cm³/mol. The van der Waals surface area contributed by atoms with Gasteiger partial charge in [0.25, 0.3) is 0 Å². The second-order valence-electron chi connectivity index (χ2n) is 4.27. The number of carbonyl (C=O) groups is 1. The minimum Gasteiger partial charge on any atom is -0.447 e. The molecule has 1 atom stereocenters. The number of methoxy groups -OCH3 is 1. The van der Waals surface area contributed by atoms with E-state index in [-0.39, 0.29) is 6.07 Å². The summed E-state index contributed by atoms with van der Waals surface area (Å²) in [5.41, 5.74) is -0.319. The summed E-state index contributed by atoms with van der Waals surface area (Å²) in [6, 6.07) is 15.8. The van der Waals surface area contributed by atoms with E-state index >= 15 is 0 Å². The van der Waals surface area contributed by atoms with Crippen molar-refractivity contribution in [1.82, 2.24) is 0 Å². The molecule has 5 heteroatoms. The summed E-state index contributed by atoms with van der Waals surface area (Å²) in [6.45, 7) is 0. The first-order valence-electron chi connectivity index (χ1n) is 6.25. The zero-order valence-corrected chi connectivity index (χ0v) is 12.9. The van der Waals surface area contributed by atoms with E-state index in [1.54, 1.807) is 36.4 Å². The van der Waals surface area contributed by atoms with Crippen LogP contribution in [0, 0.1) is 0 Å². The largest absolute Gasteiger partial charge is 0.447 e. The topological polar surface area (TPSA) is 35.5 Å². The fraction of sp³-hybridized carbons (Fsp3) is 0.188. The van der Waals surface area contributed by atoms with Crippen molar-refractivity contribution in [1.29, 1.82) is 0 Å². The van der Waals surface area contributed by atoms with Crippen LogP contribution in [0.2, 0.25) is 5.02 Å². The molecule has 110 valence electrons. The van der Waals surface area contributed by atoms with Crippen molar-refractivity contribution in [2.24, 2.45) is 0 Å². The number of rotatable bonds is 5. The minimum atomic E-state index is -1.45. The average molecular weight is 325 g/mol. The molecule has 1 unspecified atom stereocenters. The quantitative estimate of drug-likeness (QED) is 0.616. The summed E-state index contributed by atoms with van der Waals surface area (Å²) in [7, 11) is 1.44. The van der Waals surface area contributed by atoms with Gasteiger partial charge in [-0.05, 0) is 11.6 Å². The molecule has 0 aliphatic heterocycles. The van der Waals surface area contributed by atoms with Gasteiger partial charge in [0, 0.05) is 17.7 Å². The van der Waals surface area contributed by atoms with Crippen LogP contribution in [0.4, 0.5) is 0 Å². The molecular weight excluding hydrogens is 311 g/mol. The lowest BCUT2D eigenvalue weighted by atomic mass is 9.86. The van der Waals surface area contributed by atoms with Crippen LogP contribution in [0.1, 0.15) is 11.1 Å². The third-order valence-electron chi connectivity index (χ3n) is 3.21. The van der Waals surface area contributed by atoms with E-state index < -0.39 is 11.6 Å². The van der Waals surface area contributed by atoms with Crippen LogP contribution in [0.25, 0.3) is 0 Å². The molecule has 0 heterocycles. The molecule has 0 aliphatic rings. The van der Waals surface area contributed by atoms with Crippen LogP contribution in [-0.2, 0) is 19.9 Å². The summed E-state index contributed by atoms with van der Waals surface area (Å²) in [4.78, 5) is 12.6. The number of hydrogen-bond acceptors (Lipinski definition) is 3. The lowest BCUT2D eigenvalue weighted by molar-refractivity contribution is -0.163. The van der Waals surface area contributed by atoms with Gasteiger partial charge in [-0.1, -0.05) is 71.7 Å². The number of benzene rings is 2. The van der Waals surface area contributed by atoms with Gasteiger partial charge in [-0.25, -0.2) is 4.79 Å². The second-order valence-corrected chi connectivity index (χ2v) is 4.90. The maximum atomic E-state index is 12.6. The number of carbonyl (C=O) groups excluding carboxylic acids is 1. The highest BCUT2D eigenvalue weighted by Gasteiger charge is 2.45. The summed E-state index contributed by atoms with van der Waals surface area (Å²) in [5, 5.41) is 0.412. The first kappa shape index (κ1) is 15.8. The van der Waals surface area contributed by atoms with Gasteiger partial charge in [0.05, 0.1) is 0 Å². The van der Waals surface area contributed by atoms with E-state index in [0.29, 0.717) is 16.1 Å². The molecule has 0 fully saturated rings. The standard InChI is InChI=1S/C16H14Cl2O3/c1-20-16(15(19)21-11-17,12-7-3-2-4-8-12)13-9-5-6-10-14(13)18/h2-10H,11H2,1H3. The van der Waals surface area contributed by atoms with Crippen LogP contribution in [0.3, 0.4) is 0 Å². The van der Waals surface area contributed by atoms with Gasteiger partial charge in [0.2, 0.25) is 5.60 Å². The summed E-state index contributed by atoms with van der Waals surface area (Å²) in [6.07, 6.45) is 0. The lowest BCUT2D eigenvalue weighted by Crippen LogP contribution is -2.40. The van der Waals surface area contributed by atoms with Gasteiger partial charge < -0.3 is 9.47 Å². The Labute approximate surface area is 133 Å². The van der Waals surface area contributed by atoms with E-state index in [2.05, 4.69) is 0 Å². The third-order valence-corrected chi connectivity index (χ3v) is 3.65. The average Bonchev–Trinajstić information content (AvgIpc) is 2.52. The van der Waals surface area contributed by atoms with Gasteiger partial charge >= 0.3 is 5.97 Å². The fourth-order valence-electron chi connectivity index (χ4n) is 2.27. The highest BCUT2D eigenvalue weighted by Crippen LogP contribution is 2.38. The van der Waals surface area contributed by atoms with Gasteiger partial charge in [0.1, 0.15) is 0 Å². The Kier molecular flexibility index (Phi) is 5.23. The molecule has 0 spiro atoms. The van der Waals surface area contributed by atoms with E-state index in [9.17, 15) is 4.79 Å². The normalized spacial score (nSPS) is 13.5.